The first-order valence-corrected chi connectivity index (χ1v) is 9.51. The van der Waals surface area contributed by atoms with Crippen molar-refractivity contribution in [3.05, 3.63) is 24.4 Å². The molecule has 1 heterocycles. The molecule has 3 fully saturated rings. The number of nitrogens with one attached hydrogen (secondary N) is 1. The third-order valence-corrected chi connectivity index (χ3v) is 8.27. The fraction of sp³-hybridized carbons (Fsp3) is 0.762. The van der Waals surface area contributed by atoms with Gasteiger partial charge in [-0.3, -0.25) is 4.79 Å². The molecule has 0 saturated heterocycles. The van der Waals surface area contributed by atoms with Gasteiger partial charge in [0.2, 0.25) is 0 Å². The first kappa shape index (κ1) is 15.5. The molecule has 3 saturated carbocycles. The summed E-state index contributed by atoms with van der Waals surface area (Å²) < 4.78 is 0. The molecule has 1 aliphatic heterocycles. The molecular weight excluding hydrogens is 282 g/mol. The Morgan fingerprint density at radius 3 is 2.70 bits per heavy atom. The Hall–Kier alpha value is -1.05. The summed E-state index contributed by atoms with van der Waals surface area (Å²) in [4.78, 5) is 12.2. The molecule has 0 amide bonds. The number of allylic oxidation sites excluding steroid dienone is 1. The summed E-state index contributed by atoms with van der Waals surface area (Å²) in [5.74, 6) is 3.08. The van der Waals surface area contributed by atoms with Crippen LogP contribution >= 0.6 is 0 Å². The molecule has 2 heteroatoms. The van der Waals surface area contributed by atoms with Gasteiger partial charge in [-0.25, -0.2) is 0 Å². The van der Waals surface area contributed by atoms with E-state index in [4.69, 9.17) is 0 Å². The number of hydrogen-bond donors (Lipinski definition) is 1. The average molecular weight is 313 g/mol. The van der Waals surface area contributed by atoms with E-state index < -0.39 is 0 Å². The lowest BCUT2D eigenvalue weighted by Gasteiger charge is -2.59. The quantitative estimate of drug-likeness (QED) is 0.773. The largest absolute Gasteiger partial charge is 0.382 e. The van der Waals surface area contributed by atoms with Crippen molar-refractivity contribution in [2.75, 3.05) is 0 Å². The van der Waals surface area contributed by atoms with E-state index in [9.17, 15) is 4.79 Å². The van der Waals surface area contributed by atoms with Gasteiger partial charge in [0.1, 0.15) is 5.78 Å². The smallest absolute Gasteiger partial charge is 0.133 e. The second kappa shape index (κ2) is 4.97. The number of carbonyl (C=O) groups is 1. The van der Waals surface area contributed by atoms with Crippen molar-refractivity contribution in [1.82, 2.24) is 5.32 Å². The van der Waals surface area contributed by atoms with Gasteiger partial charge in [-0.05, 0) is 74.7 Å². The summed E-state index contributed by atoms with van der Waals surface area (Å²) in [5, 5.41) is 3.65. The highest BCUT2D eigenvalue weighted by Crippen LogP contribution is 2.65. The normalized spacial score (nSPS) is 51.4. The summed E-state index contributed by atoms with van der Waals surface area (Å²) in [6, 6.07) is 0.551. The molecule has 0 aromatic heterocycles. The molecule has 0 bridgehead atoms. The summed E-state index contributed by atoms with van der Waals surface area (Å²) in [6.45, 7) is 10.8. The third kappa shape index (κ3) is 2.03. The monoisotopic (exact) mass is 313 g/mol. The van der Waals surface area contributed by atoms with Crippen molar-refractivity contribution >= 4 is 5.78 Å². The second-order valence-electron chi connectivity index (χ2n) is 9.16. The third-order valence-electron chi connectivity index (χ3n) is 8.27. The molecule has 4 aliphatic rings. The number of rotatable bonds is 1. The van der Waals surface area contributed by atoms with Crippen molar-refractivity contribution in [2.24, 2.45) is 34.5 Å². The van der Waals surface area contributed by atoms with Gasteiger partial charge in [0.05, 0.1) is 0 Å². The molecule has 7 atom stereocenters. The predicted molar refractivity (Wildman–Crippen MR) is 93.8 cm³/mol. The average Bonchev–Trinajstić information content (AvgIpc) is 2.85. The van der Waals surface area contributed by atoms with Gasteiger partial charge in [-0.15, -0.1) is 0 Å². The van der Waals surface area contributed by atoms with Crippen LogP contribution in [0.4, 0.5) is 0 Å². The molecule has 3 aliphatic carbocycles. The highest BCUT2D eigenvalue weighted by Gasteiger charge is 2.60. The van der Waals surface area contributed by atoms with E-state index in [1.165, 1.54) is 32.1 Å². The summed E-state index contributed by atoms with van der Waals surface area (Å²) >= 11 is 0. The molecule has 0 radical (unpaired) electrons. The minimum atomic E-state index is 0.264. The van der Waals surface area contributed by atoms with Gasteiger partial charge >= 0.3 is 0 Å². The number of Topliss-reactive ketones (excluding diaryl/α,β-unsaturated/α-hetero) is 1. The number of hydrogen-bond acceptors (Lipinski definition) is 2. The number of fused-ring (bicyclic) bond motifs is 5. The Kier molecular flexibility index (Phi) is 3.35. The predicted octanol–water partition coefficient (Wildman–Crippen LogP) is 4.48. The zero-order chi connectivity index (χ0) is 16.4. The second-order valence-corrected chi connectivity index (χ2v) is 9.16. The fourth-order valence-electron chi connectivity index (χ4n) is 7.08. The molecule has 4 rings (SSSR count). The van der Waals surface area contributed by atoms with Crippen LogP contribution < -0.4 is 5.32 Å². The Balaban J connectivity index is 1.66. The van der Waals surface area contributed by atoms with Crippen LogP contribution in [0.5, 0.6) is 0 Å². The van der Waals surface area contributed by atoms with Crippen LogP contribution in [0, 0.1) is 34.5 Å². The lowest BCUT2D eigenvalue weighted by atomic mass is 9.47. The maximum Gasteiger partial charge on any atom is 0.133 e. The first-order chi connectivity index (χ1) is 10.9. The Bertz CT molecular complexity index is 578. The van der Waals surface area contributed by atoms with E-state index in [0.717, 1.165) is 29.9 Å². The zero-order valence-corrected chi connectivity index (χ0v) is 14.9. The Labute approximate surface area is 140 Å². The molecule has 2 nitrogen and oxygen atoms in total. The maximum atomic E-state index is 12.2. The Morgan fingerprint density at radius 1 is 1.17 bits per heavy atom. The topological polar surface area (TPSA) is 29.1 Å². The van der Waals surface area contributed by atoms with E-state index in [0.29, 0.717) is 17.7 Å². The minimum absolute atomic E-state index is 0.264. The summed E-state index contributed by atoms with van der Waals surface area (Å²) in [6.07, 6.45) is 12.1. The van der Waals surface area contributed by atoms with Crippen LogP contribution in [-0.2, 0) is 4.79 Å². The molecule has 7 unspecified atom stereocenters. The first-order valence-electron chi connectivity index (χ1n) is 9.51. The van der Waals surface area contributed by atoms with E-state index in [1.807, 2.05) is 6.92 Å². The molecular formula is C21H31NO. The molecule has 0 spiro atoms. The van der Waals surface area contributed by atoms with Crippen molar-refractivity contribution in [1.29, 1.82) is 0 Å². The molecule has 126 valence electrons. The van der Waals surface area contributed by atoms with Gasteiger partial charge in [0.15, 0.2) is 0 Å². The standard InChI is InChI=1S/C21H31NO/c1-13-9-11-21(4)18-10-12-20(3)16(14(2)23)6-7-17(20)15(18)5-8-19(21)22-13/h9,11,15-19,22H,1,5-8,10,12H2,2-4H3. The number of ketones is 1. The van der Waals surface area contributed by atoms with Crippen molar-refractivity contribution in [2.45, 2.75) is 65.3 Å². The van der Waals surface area contributed by atoms with Crippen LogP contribution in [0.15, 0.2) is 24.4 Å². The lowest BCUT2D eigenvalue weighted by molar-refractivity contribution is -0.128. The SMILES string of the molecule is C=C1C=CC2(C)C(CCC3C2CCC2(C)C(C(C)=O)CCC32)N1. The molecule has 23 heavy (non-hydrogen) atoms. The van der Waals surface area contributed by atoms with E-state index in [2.05, 4.69) is 37.9 Å². The van der Waals surface area contributed by atoms with Crippen LogP contribution in [-0.4, -0.2) is 11.8 Å². The lowest BCUT2D eigenvalue weighted by Crippen LogP contribution is -2.57. The molecule has 0 aromatic carbocycles. The Morgan fingerprint density at radius 2 is 1.96 bits per heavy atom. The van der Waals surface area contributed by atoms with Gasteiger partial charge in [-0.1, -0.05) is 26.5 Å². The number of carbonyl (C=O) groups excluding carboxylic acids is 1. The van der Waals surface area contributed by atoms with Gasteiger partial charge < -0.3 is 5.32 Å². The van der Waals surface area contributed by atoms with Crippen LogP contribution in [0.1, 0.15) is 59.3 Å². The van der Waals surface area contributed by atoms with Gasteiger partial charge in [0, 0.05) is 23.1 Å². The maximum absolute atomic E-state index is 12.2. The molecule has 1 N–H and O–H groups in total. The summed E-state index contributed by atoms with van der Waals surface area (Å²) in [7, 11) is 0. The van der Waals surface area contributed by atoms with Gasteiger partial charge in [-0.2, -0.15) is 0 Å². The van der Waals surface area contributed by atoms with Crippen molar-refractivity contribution in [3.63, 3.8) is 0 Å². The highest BCUT2D eigenvalue weighted by molar-refractivity contribution is 5.79. The minimum Gasteiger partial charge on any atom is -0.382 e. The van der Waals surface area contributed by atoms with Crippen molar-refractivity contribution in [3.8, 4) is 0 Å². The van der Waals surface area contributed by atoms with Crippen LogP contribution in [0.3, 0.4) is 0 Å². The van der Waals surface area contributed by atoms with Gasteiger partial charge in [0.25, 0.3) is 0 Å². The van der Waals surface area contributed by atoms with E-state index >= 15 is 0 Å². The van der Waals surface area contributed by atoms with Crippen LogP contribution in [0.2, 0.25) is 0 Å². The van der Waals surface area contributed by atoms with Crippen LogP contribution in [0.25, 0.3) is 0 Å². The van der Waals surface area contributed by atoms with E-state index in [1.54, 1.807) is 0 Å². The fourth-order valence-corrected chi connectivity index (χ4v) is 7.08. The highest BCUT2D eigenvalue weighted by atomic mass is 16.1. The summed E-state index contributed by atoms with van der Waals surface area (Å²) in [5.41, 5.74) is 1.61. The molecule has 0 aromatic rings. The van der Waals surface area contributed by atoms with Crippen molar-refractivity contribution < 1.29 is 4.79 Å². The zero-order valence-electron chi connectivity index (χ0n) is 14.9. The van der Waals surface area contributed by atoms with E-state index in [-0.39, 0.29) is 10.8 Å².